The minimum atomic E-state index is -4.38. The number of hydrogen-bond donors (Lipinski definition) is 1. The van der Waals surface area contributed by atoms with Crippen molar-refractivity contribution in [3.05, 3.63) is 65.5 Å². The Balaban J connectivity index is 1.46. The monoisotopic (exact) mass is 409 g/mol. The summed E-state index contributed by atoms with van der Waals surface area (Å²) < 4.78 is 49.6. The number of hydrogen-bond acceptors (Lipinski definition) is 4. The van der Waals surface area contributed by atoms with Crippen molar-refractivity contribution in [3.63, 3.8) is 0 Å². The predicted molar refractivity (Wildman–Crippen MR) is 99.9 cm³/mol. The first-order valence-electron chi connectivity index (χ1n) is 9.28. The van der Waals surface area contributed by atoms with Crippen molar-refractivity contribution in [1.82, 2.24) is 4.90 Å². The second kappa shape index (κ2) is 9.17. The van der Waals surface area contributed by atoms with Crippen LogP contribution in [0, 0.1) is 0 Å². The van der Waals surface area contributed by atoms with Crippen LogP contribution in [0.15, 0.2) is 59.9 Å². The third kappa shape index (κ3) is 5.87. The Morgan fingerprint density at radius 1 is 1.17 bits per heavy atom. The third-order valence-electron chi connectivity index (χ3n) is 4.68. The van der Waals surface area contributed by atoms with Crippen LogP contribution in [0.3, 0.4) is 0 Å². The molecule has 1 amide bonds. The number of rotatable bonds is 6. The fourth-order valence-corrected chi connectivity index (χ4v) is 3.08. The standard InChI is InChI=1S/C21H22F3NO4/c22-21(23,24)16-2-1-3-18(9-6-16)29-19-10-11-25(12-19)20(27)14-28-17-7-4-15(13-26)5-8-17/h2-9,19,26H,1,10-14H2. The van der Waals surface area contributed by atoms with E-state index in [0.717, 1.165) is 17.7 Å². The Bertz CT molecular complexity index is 812. The lowest BCUT2D eigenvalue weighted by Crippen LogP contribution is -2.34. The minimum absolute atomic E-state index is 0.0619. The summed E-state index contributed by atoms with van der Waals surface area (Å²) in [5.74, 6) is 0.720. The lowest BCUT2D eigenvalue weighted by Gasteiger charge is -2.18. The van der Waals surface area contributed by atoms with Crippen LogP contribution in [0.2, 0.25) is 0 Å². The number of aliphatic hydroxyl groups excluding tert-OH is 1. The van der Waals surface area contributed by atoms with E-state index in [0.29, 0.717) is 31.0 Å². The highest BCUT2D eigenvalue weighted by Crippen LogP contribution is 2.29. The van der Waals surface area contributed by atoms with Crippen molar-refractivity contribution >= 4 is 5.91 Å². The summed E-state index contributed by atoms with van der Waals surface area (Å²) in [7, 11) is 0. The number of ether oxygens (including phenoxy) is 2. The Kier molecular flexibility index (Phi) is 6.64. The molecule has 1 fully saturated rings. The van der Waals surface area contributed by atoms with E-state index in [4.69, 9.17) is 14.6 Å². The molecular formula is C21H22F3NO4. The summed E-state index contributed by atoms with van der Waals surface area (Å²) in [6.45, 7) is 0.677. The summed E-state index contributed by atoms with van der Waals surface area (Å²) in [5.41, 5.74) is 0.0578. The number of aliphatic hydroxyl groups is 1. The number of benzene rings is 1. The lowest BCUT2D eigenvalue weighted by molar-refractivity contribution is -0.132. The number of allylic oxidation sites excluding steroid dienone is 5. The first-order valence-corrected chi connectivity index (χ1v) is 9.28. The number of alkyl halides is 3. The molecule has 0 radical (unpaired) electrons. The van der Waals surface area contributed by atoms with Gasteiger partial charge in [0.15, 0.2) is 6.61 Å². The first-order chi connectivity index (χ1) is 13.8. The van der Waals surface area contributed by atoms with Crippen molar-refractivity contribution in [2.75, 3.05) is 19.7 Å². The topological polar surface area (TPSA) is 59.0 Å². The molecule has 0 saturated carbocycles. The van der Waals surface area contributed by atoms with Gasteiger partial charge in [-0.15, -0.1) is 0 Å². The molecule has 8 heteroatoms. The maximum Gasteiger partial charge on any atom is 0.416 e. The SMILES string of the molecule is O=C(COc1ccc(CO)cc1)N1CCC(OC2=CCC=C(C(F)(F)F)C=C2)C1. The average Bonchev–Trinajstić information content (AvgIpc) is 3.02. The van der Waals surface area contributed by atoms with Gasteiger partial charge in [-0.25, -0.2) is 0 Å². The predicted octanol–water partition coefficient (Wildman–Crippen LogP) is 3.51. The molecule has 0 aromatic heterocycles. The summed E-state index contributed by atoms with van der Waals surface area (Å²) in [4.78, 5) is 13.9. The Morgan fingerprint density at radius 3 is 2.62 bits per heavy atom. The van der Waals surface area contributed by atoms with Crippen molar-refractivity contribution in [2.24, 2.45) is 0 Å². The molecule has 0 spiro atoms. The highest BCUT2D eigenvalue weighted by molar-refractivity contribution is 5.78. The highest BCUT2D eigenvalue weighted by Gasteiger charge is 2.32. The number of carbonyl (C=O) groups excluding carboxylic acids is 1. The maximum absolute atomic E-state index is 12.8. The van der Waals surface area contributed by atoms with E-state index in [2.05, 4.69) is 0 Å². The number of likely N-dealkylation sites (tertiary alicyclic amines) is 1. The second-order valence-corrected chi connectivity index (χ2v) is 6.79. The highest BCUT2D eigenvalue weighted by atomic mass is 19.4. The van der Waals surface area contributed by atoms with Gasteiger partial charge in [-0.3, -0.25) is 4.79 Å². The largest absolute Gasteiger partial charge is 0.489 e. The quantitative estimate of drug-likeness (QED) is 0.781. The van der Waals surface area contributed by atoms with E-state index in [1.165, 1.54) is 6.08 Å². The van der Waals surface area contributed by atoms with Crippen molar-refractivity contribution in [3.8, 4) is 5.75 Å². The van der Waals surface area contributed by atoms with Crippen molar-refractivity contribution in [1.29, 1.82) is 0 Å². The fourth-order valence-electron chi connectivity index (χ4n) is 3.08. The van der Waals surface area contributed by atoms with Crippen LogP contribution in [-0.4, -0.2) is 47.9 Å². The zero-order valence-corrected chi connectivity index (χ0v) is 15.7. The summed E-state index contributed by atoms with van der Waals surface area (Å²) >= 11 is 0. The summed E-state index contributed by atoms with van der Waals surface area (Å²) in [6, 6.07) is 6.80. The number of carbonyl (C=O) groups is 1. The molecular weight excluding hydrogens is 387 g/mol. The van der Waals surface area contributed by atoms with E-state index in [1.54, 1.807) is 35.2 Å². The molecule has 1 aliphatic heterocycles. The first kappa shape index (κ1) is 21.0. The van der Waals surface area contributed by atoms with Crippen LogP contribution in [0.5, 0.6) is 5.75 Å². The van der Waals surface area contributed by atoms with Crippen LogP contribution in [0.25, 0.3) is 0 Å². The van der Waals surface area contributed by atoms with Gasteiger partial charge < -0.3 is 19.5 Å². The van der Waals surface area contributed by atoms with Crippen LogP contribution in [0.1, 0.15) is 18.4 Å². The molecule has 1 saturated heterocycles. The molecule has 3 rings (SSSR count). The number of halogens is 3. The van der Waals surface area contributed by atoms with Crippen LogP contribution < -0.4 is 4.74 Å². The van der Waals surface area contributed by atoms with Crippen molar-refractivity contribution in [2.45, 2.75) is 31.7 Å². The second-order valence-electron chi connectivity index (χ2n) is 6.79. The molecule has 1 N–H and O–H groups in total. The number of amides is 1. The summed E-state index contributed by atoms with van der Waals surface area (Å²) in [6.07, 6.45) is 1.11. The van der Waals surface area contributed by atoms with Gasteiger partial charge >= 0.3 is 6.18 Å². The summed E-state index contributed by atoms with van der Waals surface area (Å²) in [5, 5.41) is 9.02. The zero-order valence-electron chi connectivity index (χ0n) is 15.7. The van der Waals surface area contributed by atoms with Crippen LogP contribution in [0.4, 0.5) is 13.2 Å². The minimum Gasteiger partial charge on any atom is -0.489 e. The van der Waals surface area contributed by atoms with E-state index in [9.17, 15) is 18.0 Å². The molecule has 1 aliphatic carbocycles. The molecule has 156 valence electrons. The van der Waals surface area contributed by atoms with Gasteiger partial charge in [-0.1, -0.05) is 18.2 Å². The molecule has 29 heavy (non-hydrogen) atoms. The van der Waals surface area contributed by atoms with Gasteiger partial charge in [0, 0.05) is 13.0 Å². The van der Waals surface area contributed by atoms with Gasteiger partial charge in [0.2, 0.25) is 0 Å². The van der Waals surface area contributed by atoms with Gasteiger partial charge in [0.05, 0.1) is 18.7 Å². The molecule has 1 aromatic carbocycles. The van der Waals surface area contributed by atoms with Gasteiger partial charge in [0.1, 0.15) is 17.6 Å². The molecule has 0 bridgehead atoms. The molecule has 1 heterocycles. The molecule has 1 aromatic rings. The molecule has 5 nitrogen and oxygen atoms in total. The smallest absolute Gasteiger partial charge is 0.416 e. The van der Waals surface area contributed by atoms with E-state index in [1.807, 2.05) is 0 Å². The zero-order chi connectivity index (χ0) is 20.9. The van der Waals surface area contributed by atoms with E-state index < -0.39 is 11.7 Å². The molecule has 1 atom stereocenters. The Labute approximate surface area is 166 Å². The Morgan fingerprint density at radius 2 is 1.93 bits per heavy atom. The molecule has 2 aliphatic rings. The lowest BCUT2D eigenvalue weighted by atomic mass is 10.2. The van der Waals surface area contributed by atoms with E-state index in [-0.39, 0.29) is 31.6 Å². The maximum atomic E-state index is 12.8. The van der Waals surface area contributed by atoms with E-state index >= 15 is 0 Å². The van der Waals surface area contributed by atoms with Crippen LogP contribution in [-0.2, 0) is 16.1 Å². The third-order valence-corrected chi connectivity index (χ3v) is 4.68. The fraction of sp³-hybridized carbons (Fsp3) is 0.381. The molecule has 1 unspecified atom stereocenters. The van der Waals surface area contributed by atoms with Gasteiger partial charge in [-0.2, -0.15) is 13.2 Å². The normalized spacial score (nSPS) is 19.4. The van der Waals surface area contributed by atoms with Gasteiger partial charge in [0.25, 0.3) is 5.91 Å². The average molecular weight is 409 g/mol. The van der Waals surface area contributed by atoms with Crippen LogP contribution >= 0.6 is 0 Å². The van der Waals surface area contributed by atoms with Gasteiger partial charge in [-0.05, 0) is 42.3 Å². The Hall–Kier alpha value is -2.74. The van der Waals surface area contributed by atoms with Crippen molar-refractivity contribution < 1.29 is 32.5 Å². The number of nitrogens with zero attached hydrogens (tertiary/aromatic N) is 1.